The summed E-state index contributed by atoms with van der Waals surface area (Å²) in [4.78, 5) is 4.41. The minimum atomic E-state index is 0.661. The molecule has 0 aliphatic rings. The number of benzene rings is 1. The van der Waals surface area contributed by atoms with Gasteiger partial charge in [-0.15, -0.1) is 0 Å². The summed E-state index contributed by atoms with van der Waals surface area (Å²) in [7, 11) is 0. The van der Waals surface area contributed by atoms with Crippen molar-refractivity contribution in [3.05, 3.63) is 58.6 Å². The van der Waals surface area contributed by atoms with E-state index < -0.39 is 0 Å². The highest BCUT2D eigenvalue weighted by Gasteiger charge is 2.06. The van der Waals surface area contributed by atoms with Crippen LogP contribution in [0.15, 0.2) is 41.1 Å². The number of fused-ring (bicyclic) bond motifs is 1. The third-order valence-corrected chi connectivity index (χ3v) is 3.43. The first-order valence-corrected chi connectivity index (χ1v) is 6.77. The number of pyridine rings is 1. The molecule has 3 aromatic rings. The monoisotopic (exact) mass is 287 g/mol. The Morgan fingerprint density at radius 2 is 2.15 bits per heavy atom. The van der Waals surface area contributed by atoms with Gasteiger partial charge in [-0.25, -0.2) is 0 Å². The van der Waals surface area contributed by atoms with Crippen molar-refractivity contribution in [3.8, 4) is 0 Å². The second-order valence-electron chi connectivity index (χ2n) is 4.64. The Hall–Kier alpha value is -1.91. The summed E-state index contributed by atoms with van der Waals surface area (Å²) in [6, 6.07) is 9.70. The standard InChI is InChI=1S/C15H14ClN3O/c1-10-7-12(19-20-10)9-17-8-11-4-5-14(16)13-3-2-6-18-15(11)13/h2-7,17H,8-9H2,1H3. The van der Waals surface area contributed by atoms with Crippen molar-refractivity contribution < 1.29 is 4.52 Å². The van der Waals surface area contributed by atoms with Gasteiger partial charge in [0.25, 0.3) is 0 Å². The second kappa shape index (κ2) is 5.61. The molecule has 0 spiro atoms. The molecule has 5 heteroatoms. The highest BCUT2D eigenvalue weighted by Crippen LogP contribution is 2.24. The van der Waals surface area contributed by atoms with Gasteiger partial charge in [-0.05, 0) is 30.7 Å². The van der Waals surface area contributed by atoms with Gasteiger partial charge in [0.05, 0.1) is 11.2 Å². The average Bonchev–Trinajstić information content (AvgIpc) is 2.87. The van der Waals surface area contributed by atoms with Gasteiger partial charge in [0.15, 0.2) is 0 Å². The highest BCUT2D eigenvalue weighted by atomic mass is 35.5. The van der Waals surface area contributed by atoms with E-state index in [0.29, 0.717) is 13.1 Å². The second-order valence-corrected chi connectivity index (χ2v) is 5.05. The van der Waals surface area contributed by atoms with E-state index in [2.05, 4.69) is 15.5 Å². The van der Waals surface area contributed by atoms with Crippen LogP contribution in [-0.2, 0) is 13.1 Å². The lowest BCUT2D eigenvalue weighted by atomic mass is 10.1. The number of aryl methyl sites for hydroxylation is 1. The number of nitrogens with zero attached hydrogens (tertiary/aromatic N) is 2. The van der Waals surface area contributed by atoms with E-state index in [1.165, 1.54) is 0 Å². The molecule has 0 aliphatic heterocycles. The van der Waals surface area contributed by atoms with Crippen molar-refractivity contribution in [1.82, 2.24) is 15.5 Å². The van der Waals surface area contributed by atoms with Crippen LogP contribution in [0, 0.1) is 6.92 Å². The van der Waals surface area contributed by atoms with Crippen LogP contribution >= 0.6 is 11.6 Å². The molecule has 0 atom stereocenters. The molecular formula is C15H14ClN3O. The van der Waals surface area contributed by atoms with Crippen LogP contribution in [0.5, 0.6) is 0 Å². The van der Waals surface area contributed by atoms with E-state index in [-0.39, 0.29) is 0 Å². The molecule has 0 unspecified atom stereocenters. The van der Waals surface area contributed by atoms with Gasteiger partial charge < -0.3 is 9.84 Å². The summed E-state index contributed by atoms with van der Waals surface area (Å²) in [6.07, 6.45) is 1.78. The molecule has 2 aromatic heterocycles. The number of hydrogen-bond donors (Lipinski definition) is 1. The summed E-state index contributed by atoms with van der Waals surface area (Å²) in [5, 5.41) is 8.99. The average molecular weight is 288 g/mol. The van der Waals surface area contributed by atoms with Crippen LogP contribution in [0.4, 0.5) is 0 Å². The van der Waals surface area contributed by atoms with E-state index in [4.69, 9.17) is 16.1 Å². The Balaban J connectivity index is 1.76. The highest BCUT2D eigenvalue weighted by molar-refractivity contribution is 6.35. The van der Waals surface area contributed by atoms with Crippen LogP contribution in [0.2, 0.25) is 5.02 Å². The van der Waals surface area contributed by atoms with E-state index >= 15 is 0 Å². The van der Waals surface area contributed by atoms with Gasteiger partial charge in [0.2, 0.25) is 0 Å². The molecule has 1 aromatic carbocycles. The molecule has 0 fully saturated rings. The van der Waals surface area contributed by atoms with E-state index in [9.17, 15) is 0 Å². The SMILES string of the molecule is Cc1cc(CNCc2ccc(Cl)c3cccnc23)no1. The van der Waals surface area contributed by atoms with Gasteiger partial charge in [-0.1, -0.05) is 22.8 Å². The fourth-order valence-electron chi connectivity index (χ4n) is 2.17. The molecule has 0 saturated heterocycles. The molecule has 102 valence electrons. The van der Waals surface area contributed by atoms with E-state index in [0.717, 1.165) is 32.9 Å². The lowest BCUT2D eigenvalue weighted by Gasteiger charge is -2.07. The molecule has 0 saturated carbocycles. The lowest BCUT2D eigenvalue weighted by molar-refractivity contribution is 0.388. The zero-order valence-electron chi connectivity index (χ0n) is 11.1. The first-order valence-electron chi connectivity index (χ1n) is 6.39. The Kier molecular flexibility index (Phi) is 3.67. The Morgan fingerprint density at radius 3 is 2.95 bits per heavy atom. The maximum Gasteiger partial charge on any atom is 0.133 e. The smallest absolute Gasteiger partial charge is 0.133 e. The summed E-state index contributed by atoms with van der Waals surface area (Å²) in [5.41, 5.74) is 2.95. The quantitative estimate of drug-likeness (QED) is 0.798. The van der Waals surface area contributed by atoms with Crippen molar-refractivity contribution in [3.63, 3.8) is 0 Å². The first-order chi connectivity index (χ1) is 9.74. The number of nitrogens with one attached hydrogen (secondary N) is 1. The topological polar surface area (TPSA) is 51.0 Å². The van der Waals surface area contributed by atoms with E-state index in [1.54, 1.807) is 6.20 Å². The molecule has 0 aliphatic carbocycles. The third-order valence-electron chi connectivity index (χ3n) is 3.10. The van der Waals surface area contributed by atoms with Crippen molar-refractivity contribution in [1.29, 1.82) is 0 Å². The molecule has 0 amide bonds. The van der Waals surface area contributed by atoms with Gasteiger partial charge in [-0.2, -0.15) is 0 Å². The normalized spacial score (nSPS) is 11.1. The number of halogens is 1. The van der Waals surface area contributed by atoms with Crippen LogP contribution in [0.3, 0.4) is 0 Å². The molecular weight excluding hydrogens is 274 g/mol. The molecule has 0 bridgehead atoms. The van der Waals surface area contributed by atoms with E-state index in [1.807, 2.05) is 37.3 Å². The zero-order chi connectivity index (χ0) is 13.9. The maximum absolute atomic E-state index is 6.18. The molecule has 4 nitrogen and oxygen atoms in total. The van der Waals surface area contributed by atoms with Gasteiger partial charge in [-0.3, -0.25) is 4.98 Å². The molecule has 3 rings (SSSR count). The van der Waals surface area contributed by atoms with Crippen LogP contribution in [0.25, 0.3) is 10.9 Å². The summed E-state index contributed by atoms with van der Waals surface area (Å²) >= 11 is 6.18. The number of rotatable bonds is 4. The molecule has 2 heterocycles. The molecule has 20 heavy (non-hydrogen) atoms. The first kappa shape index (κ1) is 13.1. The Bertz CT molecular complexity index is 739. The third kappa shape index (κ3) is 2.66. The van der Waals surface area contributed by atoms with Crippen LogP contribution < -0.4 is 5.32 Å². The predicted molar refractivity (Wildman–Crippen MR) is 78.5 cm³/mol. The molecule has 1 N–H and O–H groups in total. The Labute approximate surface area is 121 Å². The predicted octanol–water partition coefficient (Wildman–Crippen LogP) is 3.47. The van der Waals surface area contributed by atoms with Crippen LogP contribution in [-0.4, -0.2) is 10.1 Å². The largest absolute Gasteiger partial charge is 0.361 e. The van der Waals surface area contributed by atoms with Gasteiger partial charge >= 0.3 is 0 Å². The maximum atomic E-state index is 6.18. The van der Waals surface area contributed by atoms with Crippen molar-refractivity contribution in [2.75, 3.05) is 0 Å². The Morgan fingerprint density at radius 1 is 1.25 bits per heavy atom. The lowest BCUT2D eigenvalue weighted by Crippen LogP contribution is -2.13. The van der Waals surface area contributed by atoms with Gasteiger partial charge in [0, 0.05) is 35.8 Å². The number of hydrogen-bond acceptors (Lipinski definition) is 4. The minimum absolute atomic E-state index is 0.661. The van der Waals surface area contributed by atoms with Crippen LogP contribution in [0.1, 0.15) is 17.0 Å². The van der Waals surface area contributed by atoms with Crippen molar-refractivity contribution >= 4 is 22.5 Å². The summed E-state index contributed by atoms with van der Waals surface area (Å²) in [6.45, 7) is 3.25. The summed E-state index contributed by atoms with van der Waals surface area (Å²) < 4.78 is 5.03. The fourth-order valence-corrected chi connectivity index (χ4v) is 2.38. The fraction of sp³-hybridized carbons (Fsp3) is 0.200. The molecule has 0 radical (unpaired) electrons. The van der Waals surface area contributed by atoms with Crippen molar-refractivity contribution in [2.45, 2.75) is 20.0 Å². The summed E-state index contributed by atoms with van der Waals surface area (Å²) in [5.74, 6) is 0.820. The minimum Gasteiger partial charge on any atom is -0.361 e. The van der Waals surface area contributed by atoms with Gasteiger partial charge in [0.1, 0.15) is 5.76 Å². The van der Waals surface area contributed by atoms with Crippen molar-refractivity contribution in [2.24, 2.45) is 0 Å². The zero-order valence-corrected chi connectivity index (χ0v) is 11.8. The number of aromatic nitrogens is 2.